The number of hydrogen-bond acceptors (Lipinski definition) is 4. The Morgan fingerprint density at radius 1 is 1.03 bits per heavy atom. The summed E-state index contributed by atoms with van der Waals surface area (Å²) in [5.74, 6) is 0.551. The van der Waals surface area contributed by atoms with Crippen LogP contribution in [0.3, 0.4) is 0 Å². The molecule has 1 N–H and O–H groups in total. The number of aromatic nitrogens is 1. The summed E-state index contributed by atoms with van der Waals surface area (Å²) in [6.45, 7) is 9.49. The number of rotatable bonds is 5. The van der Waals surface area contributed by atoms with Crippen molar-refractivity contribution in [2.45, 2.75) is 78.4 Å². The van der Waals surface area contributed by atoms with Crippen molar-refractivity contribution >= 4 is 17.7 Å². The van der Waals surface area contributed by atoms with Crippen LogP contribution in [0.5, 0.6) is 5.75 Å². The average Bonchev–Trinajstić information content (AvgIpc) is 2.97. The van der Waals surface area contributed by atoms with E-state index in [1.807, 2.05) is 34.6 Å². The molecule has 168 valence electrons. The summed E-state index contributed by atoms with van der Waals surface area (Å²) in [6, 6.07) is 7.19. The molecule has 1 saturated carbocycles. The number of esters is 1. The number of carbonyl (C=O) groups is 2. The second-order valence-corrected chi connectivity index (χ2v) is 9.28. The standard InChI is InChI=1S/C25H34N2O4/c1-16-17(2)27(19-10-8-7-9-11-19)22(21(16)24(29)31-25(3,4)5)26-23(28)18-12-14-20(30-6)15-13-18/h12-15,19H,7-11H2,1-6H3,(H,26,28). The van der Waals surface area contributed by atoms with Crippen LogP contribution in [0.2, 0.25) is 0 Å². The van der Waals surface area contributed by atoms with Crippen LogP contribution in [0.1, 0.15) is 90.9 Å². The molecule has 1 aliphatic rings. The number of benzene rings is 1. The van der Waals surface area contributed by atoms with Crippen molar-refractivity contribution in [2.24, 2.45) is 0 Å². The van der Waals surface area contributed by atoms with Gasteiger partial charge in [-0.25, -0.2) is 4.79 Å². The molecule has 0 radical (unpaired) electrons. The van der Waals surface area contributed by atoms with Gasteiger partial charge in [-0.3, -0.25) is 4.79 Å². The van der Waals surface area contributed by atoms with E-state index in [0.29, 0.717) is 22.7 Å². The van der Waals surface area contributed by atoms with Gasteiger partial charge in [0.15, 0.2) is 0 Å². The van der Waals surface area contributed by atoms with Gasteiger partial charge in [0, 0.05) is 17.3 Å². The third-order valence-electron chi connectivity index (χ3n) is 5.88. The average molecular weight is 427 g/mol. The number of nitrogens with one attached hydrogen (secondary N) is 1. The van der Waals surface area contributed by atoms with Crippen molar-refractivity contribution in [1.29, 1.82) is 0 Å². The summed E-state index contributed by atoms with van der Waals surface area (Å²) in [5, 5.41) is 3.04. The van der Waals surface area contributed by atoms with Crippen LogP contribution in [0, 0.1) is 13.8 Å². The highest BCUT2D eigenvalue weighted by molar-refractivity contribution is 6.08. The molecule has 2 aromatic rings. The second kappa shape index (κ2) is 9.16. The van der Waals surface area contributed by atoms with E-state index in [0.717, 1.165) is 36.9 Å². The quantitative estimate of drug-likeness (QED) is 0.611. The van der Waals surface area contributed by atoms with Crippen molar-refractivity contribution < 1.29 is 19.1 Å². The molecule has 0 unspecified atom stereocenters. The minimum absolute atomic E-state index is 0.259. The van der Waals surface area contributed by atoms with Gasteiger partial charge in [-0.2, -0.15) is 0 Å². The first-order valence-corrected chi connectivity index (χ1v) is 11.0. The van der Waals surface area contributed by atoms with E-state index in [1.54, 1.807) is 31.4 Å². The zero-order chi connectivity index (χ0) is 22.8. The molecule has 1 aliphatic carbocycles. The van der Waals surface area contributed by atoms with Gasteiger partial charge < -0.3 is 19.4 Å². The Balaban J connectivity index is 2.04. The van der Waals surface area contributed by atoms with E-state index >= 15 is 0 Å². The third-order valence-corrected chi connectivity index (χ3v) is 5.88. The van der Waals surface area contributed by atoms with E-state index in [1.165, 1.54) is 6.42 Å². The molecule has 0 saturated heterocycles. The minimum Gasteiger partial charge on any atom is -0.497 e. The zero-order valence-electron chi connectivity index (χ0n) is 19.5. The van der Waals surface area contributed by atoms with Gasteiger partial charge in [0.05, 0.1) is 7.11 Å². The fourth-order valence-electron chi connectivity index (χ4n) is 4.25. The fraction of sp³-hybridized carbons (Fsp3) is 0.520. The SMILES string of the molecule is COc1ccc(C(=O)Nc2c(C(=O)OC(C)(C)C)c(C)c(C)n2C2CCCCC2)cc1. The van der Waals surface area contributed by atoms with Crippen molar-refractivity contribution in [3.05, 3.63) is 46.6 Å². The highest BCUT2D eigenvalue weighted by Crippen LogP contribution is 2.38. The fourth-order valence-corrected chi connectivity index (χ4v) is 4.25. The van der Waals surface area contributed by atoms with E-state index in [-0.39, 0.29) is 11.9 Å². The maximum absolute atomic E-state index is 13.1. The van der Waals surface area contributed by atoms with Crippen LogP contribution < -0.4 is 10.1 Å². The number of anilines is 1. The first-order valence-electron chi connectivity index (χ1n) is 11.0. The summed E-state index contributed by atoms with van der Waals surface area (Å²) in [7, 11) is 1.59. The number of ether oxygens (including phenoxy) is 2. The third kappa shape index (κ3) is 5.12. The largest absolute Gasteiger partial charge is 0.497 e. The van der Waals surface area contributed by atoms with Gasteiger partial charge >= 0.3 is 5.97 Å². The molecule has 0 spiro atoms. The number of amides is 1. The molecule has 1 aromatic carbocycles. The molecular weight excluding hydrogens is 392 g/mol. The summed E-state index contributed by atoms with van der Waals surface area (Å²) >= 11 is 0. The maximum Gasteiger partial charge on any atom is 0.342 e. The van der Waals surface area contributed by atoms with Crippen molar-refractivity contribution in [3.63, 3.8) is 0 Å². The van der Waals surface area contributed by atoms with Gasteiger partial charge in [-0.15, -0.1) is 0 Å². The van der Waals surface area contributed by atoms with Gasteiger partial charge in [0.2, 0.25) is 0 Å². The lowest BCUT2D eigenvalue weighted by Gasteiger charge is -2.27. The Kier molecular flexibility index (Phi) is 6.77. The molecule has 0 atom stereocenters. The first-order chi connectivity index (χ1) is 14.6. The summed E-state index contributed by atoms with van der Waals surface area (Å²) in [4.78, 5) is 26.3. The molecule has 1 fully saturated rings. The Labute approximate surface area is 184 Å². The molecule has 3 rings (SSSR count). The maximum atomic E-state index is 13.1. The van der Waals surface area contributed by atoms with E-state index in [9.17, 15) is 9.59 Å². The summed E-state index contributed by atoms with van der Waals surface area (Å²) < 4.78 is 13.0. The molecule has 31 heavy (non-hydrogen) atoms. The molecular formula is C25H34N2O4. The predicted molar refractivity (Wildman–Crippen MR) is 122 cm³/mol. The lowest BCUT2D eigenvalue weighted by atomic mass is 9.95. The monoisotopic (exact) mass is 426 g/mol. The Hall–Kier alpha value is -2.76. The van der Waals surface area contributed by atoms with Crippen LogP contribution in [0.15, 0.2) is 24.3 Å². The molecule has 1 amide bonds. The van der Waals surface area contributed by atoms with Crippen LogP contribution in [0.25, 0.3) is 0 Å². The first kappa shape index (κ1) is 22.9. The van der Waals surface area contributed by atoms with E-state index < -0.39 is 11.6 Å². The van der Waals surface area contributed by atoms with Crippen LogP contribution in [-0.2, 0) is 4.74 Å². The number of methoxy groups -OCH3 is 1. The Morgan fingerprint density at radius 2 is 1.65 bits per heavy atom. The summed E-state index contributed by atoms with van der Waals surface area (Å²) in [5.41, 5.74) is 2.17. The Bertz CT molecular complexity index is 945. The highest BCUT2D eigenvalue weighted by Gasteiger charge is 2.31. The van der Waals surface area contributed by atoms with Crippen LogP contribution >= 0.6 is 0 Å². The van der Waals surface area contributed by atoms with Crippen LogP contribution in [0.4, 0.5) is 5.82 Å². The van der Waals surface area contributed by atoms with E-state index in [4.69, 9.17) is 9.47 Å². The highest BCUT2D eigenvalue weighted by atomic mass is 16.6. The smallest absolute Gasteiger partial charge is 0.342 e. The van der Waals surface area contributed by atoms with Crippen molar-refractivity contribution in [1.82, 2.24) is 4.57 Å². The molecule has 1 aromatic heterocycles. The van der Waals surface area contributed by atoms with Gasteiger partial charge in [-0.1, -0.05) is 19.3 Å². The van der Waals surface area contributed by atoms with E-state index in [2.05, 4.69) is 9.88 Å². The number of carbonyl (C=O) groups excluding carboxylic acids is 2. The van der Waals surface area contributed by atoms with Crippen molar-refractivity contribution in [3.8, 4) is 5.75 Å². The minimum atomic E-state index is -0.623. The zero-order valence-corrected chi connectivity index (χ0v) is 19.5. The topological polar surface area (TPSA) is 69.6 Å². The van der Waals surface area contributed by atoms with Gasteiger partial charge in [-0.05, 0) is 77.3 Å². The molecule has 6 heteroatoms. The molecule has 0 bridgehead atoms. The Morgan fingerprint density at radius 3 is 2.19 bits per heavy atom. The van der Waals surface area contributed by atoms with Crippen LogP contribution in [-0.4, -0.2) is 29.2 Å². The van der Waals surface area contributed by atoms with Gasteiger partial charge in [0.1, 0.15) is 22.7 Å². The number of nitrogens with zero attached hydrogens (tertiary/aromatic N) is 1. The molecule has 0 aliphatic heterocycles. The lowest BCUT2D eigenvalue weighted by Crippen LogP contribution is -2.26. The number of hydrogen-bond donors (Lipinski definition) is 1. The normalized spacial score (nSPS) is 14.9. The van der Waals surface area contributed by atoms with Crippen molar-refractivity contribution in [2.75, 3.05) is 12.4 Å². The van der Waals surface area contributed by atoms with Gasteiger partial charge in [0.25, 0.3) is 5.91 Å². The summed E-state index contributed by atoms with van der Waals surface area (Å²) in [6.07, 6.45) is 5.59. The molecule has 1 heterocycles. The predicted octanol–water partition coefficient (Wildman–Crippen LogP) is 5.83. The lowest BCUT2D eigenvalue weighted by molar-refractivity contribution is 0.00700. The molecule has 6 nitrogen and oxygen atoms in total. The second-order valence-electron chi connectivity index (χ2n) is 9.28.